The number of aromatic nitrogens is 2. The van der Waals surface area contributed by atoms with Crippen LogP contribution in [0.25, 0.3) is 0 Å². The fourth-order valence-corrected chi connectivity index (χ4v) is 3.79. The van der Waals surface area contributed by atoms with Gasteiger partial charge in [0.2, 0.25) is 0 Å². The standard InChI is InChI=1S/C21H25F3N4O2/c1-30-17-7-5-16(6-8-17)27-10-2-9-26(11-12-27)14-28-20(29)18(21(22,23)24)13-19(25-28)15-3-4-15/h5-8,13,15H,2-4,9-12,14H2,1H3. The third kappa shape index (κ3) is 4.61. The van der Waals surface area contributed by atoms with Gasteiger partial charge in [-0.2, -0.15) is 18.3 Å². The van der Waals surface area contributed by atoms with Gasteiger partial charge in [0.1, 0.15) is 11.3 Å². The van der Waals surface area contributed by atoms with Crippen molar-refractivity contribution in [3.05, 3.63) is 51.9 Å². The molecule has 2 aromatic rings. The molecule has 4 rings (SSSR count). The molecule has 1 aliphatic heterocycles. The van der Waals surface area contributed by atoms with Crippen molar-refractivity contribution in [2.24, 2.45) is 0 Å². The monoisotopic (exact) mass is 422 g/mol. The molecule has 0 bridgehead atoms. The summed E-state index contributed by atoms with van der Waals surface area (Å²) in [4.78, 5) is 16.7. The zero-order valence-corrected chi connectivity index (χ0v) is 16.9. The molecule has 1 aliphatic carbocycles. The van der Waals surface area contributed by atoms with E-state index in [-0.39, 0.29) is 12.6 Å². The lowest BCUT2D eigenvalue weighted by Gasteiger charge is -2.24. The van der Waals surface area contributed by atoms with Crippen molar-refractivity contribution in [3.8, 4) is 5.75 Å². The number of alkyl halides is 3. The van der Waals surface area contributed by atoms with Gasteiger partial charge in [0, 0.05) is 37.8 Å². The largest absolute Gasteiger partial charge is 0.497 e. The summed E-state index contributed by atoms with van der Waals surface area (Å²) < 4.78 is 46.3. The number of halogens is 3. The van der Waals surface area contributed by atoms with E-state index in [1.54, 1.807) is 7.11 Å². The predicted octanol–water partition coefficient (Wildman–Crippen LogP) is 3.32. The molecule has 6 nitrogen and oxygen atoms in total. The maximum Gasteiger partial charge on any atom is 0.421 e. The number of rotatable bonds is 5. The number of ether oxygens (including phenoxy) is 1. The van der Waals surface area contributed by atoms with Crippen molar-refractivity contribution in [1.82, 2.24) is 14.7 Å². The molecule has 1 saturated heterocycles. The normalized spacial score (nSPS) is 18.3. The van der Waals surface area contributed by atoms with E-state index in [0.29, 0.717) is 18.8 Å². The van der Waals surface area contributed by atoms with Crippen molar-refractivity contribution >= 4 is 5.69 Å². The first-order valence-electron chi connectivity index (χ1n) is 10.2. The van der Waals surface area contributed by atoms with E-state index in [0.717, 1.165) is 54.5 Å². The highest BCUT2D eigenvalue weighted by atomic mass is 19.4. The van der Waals surface area contributed by atoms with Crippen molar-refractivity contribution in [3.63, 3.8) is 0 Å². The molecular weight excluding hydrogens is 397 g/mol. The maximum atomic E-state index is 13.4. The van der Waals surface area contributed by atoms with Gasteiger partial charge in [-0.1, -0.05) is 0 Å². The van der Waals surface area contributed by atoms with Gasteiger partial charge >= 0.3 is 6.18 Å². The molecule has 1 aromatic heterocycles. The summed E-state index contributed by atoms with van der Waals surface area (Å²) >= 11 is 0. The van der Waals surface area contributed by atoms with Crippen LogP contribution in [0.3, 0.4) is 0 Å². The molecule has 2 aliphatic rings. The zero-order chi connectivity index (χ0) is 21.3. The minimum absolute atomic E-state index is 0.0349. The average molecular weight is 422 g/mol. The van der Waals surface area contributed by atoms with Crippen LogP contribution in [-0.2, 0) is 12.8 Å². The Balaban J connectivity index is 1.49. The summed E-state index contributed by atoms with van der Waals surface area (Å²) in [6.45, 7) is 2.94. The lowest BCUT2D eigenvalue weighted by atomic mass is 10.2. The third-order valence-electron chi connectivity index (χ3n) is 5.65. The zero-order valence-electron chi connectivity index (χ0n) is 16.9. The summed E-state index contributed by atoms with van der Waals surface area (Å²) in [5, 5.41) is 4.26. The number of anilines is 1. The number of methoxy groups -OCH3 is 1. The summed E-state index contributed by atoms with van der Waals surface area (Å²) in [6, 6.07) is 8.74. The highest BCUT2D eigenvalue weighted by molar-refractivity contribution is 5.49. The van der Waals surface area contributed by atoms with Crippen LogP contribution in [0.4, 0.5) is 18.9 Å². The Kier molecular flexibility index (Phi) is 5.73. The molecule has 2 heterocycles. The molecule has 0 spiro atoms. The second-order valence-electron chi connectivity index (χ2n) is 7.86. The first kappa shape index (κ1) is 20.7. The lowest BCUT2D eigenvalue weighted by molar-refractivity contribution is -0.139. The van der Waals surface area contributed by atoms with Crippen LogP contribution in [0.5, 0.6) is 5.75 Å². The average Bonchev–Trinajstić information content (AvgIpc) is 3.56. The van der Waals surface area contributed by atoms with E-state index in [1.807, 2.05) is 29.2 Å². The Hall–Kier alpha value is -2.55. The van der Waals surface area contributed by atoms with Gasteiger partial charge in [-0.3, -0.25) is 9.69 Å². The van der Waals surface area contributed by atoms with Crippen LogP contribution in [0, 0.1) is 0 Å². The summed E-state index contributed by atoms with van der Waals surface area (Å²) in [5.74, 6) is 0.823. The van der Waals surface area contributed by atoms with Gasteiger partial charge in [0.25, 0.3) is 5.56 Å². The van der Waals surface area contributed by atoms with Crippen molar-refractivity contribution in [1.29, 1.82) is 0 Å². The summed E-state index contributed by atoms with van der Waals surface area (Å²) in [7, 11) is 1.62. The molecule has 30 heavy (non-hydrogen) atoms. The van der Waals surface area contributed by atoms with Gasteiger partial charge in [-0.25, -0.2) is 4.68 Å². The van der Waals surface area contributed by atoms with Gasteiger partial charge in [0.15, 0.2) is 0 Å². The molecule has 2 fully saturated rings. The fourth-order valence-electron chi connectivity index (χ4n) is 3.79. The number of hydrogen-bond donors (Lipinski definition) is 0. The van der Waals surface area contributed by atoms with Crippen molar-refractivity contribution < 1.29 is 17.9 Å². The van der Waals surface area contributed by atoms with E-state index in [2.05, 4.69) is 10.00 Å². The highest BCUT2D eigenvalue weighted by Crippen LogP contribution is 2.40. The van der Waals surface area contributed by atoms with Crippen LogP contribution < -0.4 is 15.2 Å². The first-order valence-corrected chi connectivity index (χ1v) is 10.2. The molecule has 0 radical (unpaired) electrons. The van der Waals surface area contributed by atoms with Crippen LogP contribution in [0.2, 0.25) is 0 Å². The first-order chi connectivity index (χ1) is 14.3. The van der Waals surface area contributed by atoms with Gasteiger partial charge in [-0.15, -0.1) is 0 Å². The van der Waals surface area contributed by atoms with Gasteiger partial charge in [0.05, 0.1) is 19.5 Å². The Morgan fingerprint density at radius 1 is 1.10 bits per heavy atom. The van der Waals surface area contributed by atoms with E-state index in [1.165, 1.54) is 0 Å². The molecule has 9 heteroatoms. The quantitative estimate of drug-likeness (QED) is 0.740. The molecule has 1 aromatic carbocycles. The van der Waals surface area contributed by atoms with E-state index in [4.69, 9.17) is 4.74 Å². The topological polar surface area (TPSA) is 50.6 Å². The van der Waals surface area contributed by atoms with E-state index in [9.17, 15) is 18.0 Å². The molecule has 0 atom stereocenters. The molecule has 162 valence electrons. The smallest absolute Gasteiger partial charge is 0.421 e. The summed E-state index contributed by atoms with van der Waals surface area (Å²) in [6.07, 6.45) is -2.18. The van der Waals surface area contributed by atoms with Crippen LogP contribution >= 0.6 is 0 Å². The lowest BCUT2D eigenvalue weighted by Crippen LogP contribution is -2.39. The van der Waals surface area contributed by atoms with Crippen molar-refractivity contribution in [2.45, 2.75) is 38.0 Å². The van der Waals surface area contributed by atoms with Gasteiger partial charge in [-0.05, 0) is 49.6 Å². The minimum atomic E-state index is -4.67. The Morgan fingerprint density at radius 3 is 2.47 bits per heavy atom. The van der Waals surface area contributed by atoms with E-state index >= 15 is 0 Å². The Bertz CT molecular complexity index is 939. The van der Waals surface area contributed by atoms with E-state index < -0.39 is 17.3 Å². The molecule has 0 unspecified atom stereocenters. The number of hydrogen-bond acceptors (Lipinski definition) is 5. The Morgan fingerprint density at radius 2 is 1.83 bits per heavy atom. The number of benzene rings is 1. The highest BCUT2D eigenvalue weighted by Gasteiger charge is 2.37. The van der Waals surface area contributed by atoms with Crippen LogP contribution in [-0.4, -0.2) is 48.0 Å². The maximum absolute atomic E-state index is 13.4. The van der Waals surface area contributed by atoms with Crippen LogP contribution in [0.15, 0.2) is 35.1 Å². The van der Waals surface area contributed by atoms with Crippen LogP contribution in [0.1, 0.15) is 36.4 Å². The number of nitrogens with zero attached hydrogens (tertiary/aromatic N) is 4. The second-order valence-corrected chi connectivity index (χ2v) is 7.86. The minimum Gasteiger partial charge on any atom is -0.497 e. The molecule has 0 N–H and O–H groups in total. The molecular formula is C21H25F3N4O2. The van der Waals surface area contributed by atoms with Crippen molar-refractivity contribution in [2.75, 3.05) is 38.2 Å². The fraction of sp³-hybridized carbons (Fsp3) is 0.524. The molecule has 1 saturated carbocycles. The van der Waals surface area contributed by atoms with Gasteiger partial charge < -0.3 is 9.64 Å². The molecule has 0 amide bonds. The summed E-state index contributed by atoms with van der Waals surface area (Å²) in [5.41, 5.74) is -0.739. The SMILES string of the molecule is COc1ccc(N2CCCN(Cn3nc(C4CC4)cc(C(F)(F)F)c3=O)CC2)cc1. The Labute approximate surface area is 172 Å². The second kappa shape index (κ2) is 8.29. The predicted molar refractivity (Wildman–Crippen MR) is 107 cm³/mol. The third-order valence-corrected chi connectivity index (χ3v) is 5.65.